The first-order valence-electron chi connectivity index (χ1n) is 6.59. The van der Waals surface area contributed by atoms with Crippen LogP contribution in [0.4, 0.5) is 0 Å². The molecule has 0 amide bonds. The molecule has 0 aliphatic heterocycles. The Labute approximate surface area is 114 Å². The van der Waals surface area contributed by atoms with Gasteiger partial charge in [-0.15, -0.1) is 0 Å². The number of ether oxygens (including phenoxy) is 1. The highest BCUT2D eigenvalue weighted by molar-refractivity contribution is 5.84. The Morgan fingerprint density at radius 2 is 2.00 bits per heavy atom. The molecule has 2 aromatic rings. The second-order valence-corrected chi connectivity index (χ2v) is 5.85. The van der Waals surface area contributed by atoms with E-state index < -0.39 is 0 Å². The topological polar surface area (TPSA) is 48.1 Å². The Morgan fingerprint density at radius 1 is 1.26 bits per heavy atom. The van der Waals surface area contributed by atoms with Crippen LogP contribution in [0.15, 0.2) is 24.3 Å². The van der Waals surface area contributed by atoms with Crippen molar-refractivity contribution in [3.8, 4) is 5.75 Å². The fourth-order valence-corrected chi connectivity index (χ4v) is 2.28. The molecule has 2 rings (SSSR count). The summed E-state index contributed by atoms with van der Waals surface area (Å²) in [6, 6.07) is 8.18. The smallest absolute Gasteiger partial charge is 0.119 e. The summed E-state index contributed by atoms with van der Waals surface area (Å²) < 4.78 is 5.31. The first-order valence-corrected chi connectivity index (χ1v) is 6.59. The highest BCUT2D eigenvalue weighted by atomic mass is 16.5. The maximum Gasteiger partial charge on any atom is 0.119 e. The van der Waals surface area contributed by atoms with Gasteiger partial charge in [0.25, 0.3) is 0 Å². The number of pyridine rings is 1. The van der Waals surface area contributed by atoms with E-state index in [1.807, 2.05) is 19.1 Å². The van der Waals surface area contributed by atoms with Crippen molar-refractivity contribution in [1.29, 1.82) is 0 Å². The van der Waals surface area contributed by atoms with Crippen molar-refractivity contribution in [2.75, 3.05) is 13.7 Å². The molecule has 1 aromatic carbocycles. The number of rotatable bonds is 4. The SMILES string of the molecule is COc1ccc2nc(C)cc(CC(C)(C)CN)c2c1. The van der Waals surface area contributed by atoms with E-state index >= 15 is 0 Å². The molecule has 0 bridgehead atoms. The lowest BCUT2D eigenvalue weighted by Crippen LogP contribution is -2.26. The molecule has 1 heterocycles. The van der Waals surface area contributed by atoms with Gasteiger partial charge in [0.2, 0.25) is 0 Å². The summed E-state index contributed by atoms with van der Waals surface area (Å²) in [5.74, 6) is 0.866. The second kappa shape index (κ2) is 5.17. The van der Waals surface area contributed by atoms with Gasteiger partial charge in [-0.3, -0.25) is 4.98 Å². The molecule has 19 heavy (non-hydrogen) atoms. The molecule has 0 atom stereocenters. The quantitative estimate of drug-likeness (QED) is 0.916. The van der Waals surface area contributed by atoms with Crippen LogP contribution in [0.1, 0.15) is 25.1 Å². The summed E-state index contributed by atoms with van der Waals surface area (Å²) >= 11 is 0. The normalized spacial score (nSPS) is 11.8. The third-order valence-corrected chi connectivity index (χ3v) is 3.45. The van der Waals surface area contributed by atoms with E-state index in [4.69, 9.17) is 10.5 Å². The minimum absolute atomic E-state index is 0.0871. The summed E-state index contributed by atoms with van der Waals surface area (Å²) in [5.41, 5.74) is 9.29. The molecule has 0 spiro atoms. The Hall–Kier alpha value is -1.61. The fraction of sp³-hybridized carbons (Fsp3) is 0.438. The van der Waals surface area contributed by atoms with Crippen molar-refractivity contribution >= 4 is 10.9 Å². The van der Waals surface area contributed by atoms with Crippen LogP contribution in [0, 0.1) is 12.3 Å². The van der Waals surface area contributed by atoms with Crippen molar-refractivity contribution in [3.63, 3.8) is 0 Å². The first kappa shape index (κ1) is 13.8. The van der Waals surface area contributed by atoms with Gasteiger partial charge in [-0.2, -0.15) is 0 Å². The third kappa shape index (κ3) is 3.04. The summed E-state index contributed by atoms with van der Waals surface area (Å²) in [6.45, 7) is 7.08. The van der Waals surface area contributed by atoms with Crippen LogP contribution in [0.25, 0.3) is 10.9 Å². The number of aromatic nitrogens is 1. The molecular formula is C16H22N2O. The number of aryl methyl sites for hydroxylation is 1. The average Bonchev–Trinajstić information content (AvgIpc) is 2.38. The van der Waals surface area contributed by atoms with Gasteiger partial charge in [-0.1, -0.05) is 13.8 Å². The maximum atomic E-state index is 5.85. The van der Waals surface area contributed by atoms with Crippen molar-refractivity contribution in [2.45, 2.75) is 27.2 Å². The number of fused-ring (bicyclic) bond motifs is 1. The van der Waals surface area contributed by atoms with Gasteiger partial charge in [-0.25, -0.2) is 0 Å². The molecule has 102 valence electrons. The van der Waals surface area contributed by atoms with E-state index in [1.54, 1.807) is 7.11 Å². The van der Waals surface area contributed by atoms with Gasteiger partial charge in [-0.05, 0) is 55.1 Å². The molecule has 2 N–H and O–H groups in total. The molecule has 0 unspecified atom stereocenters. The van der Waals surface area contributed by atoms with E-state index in [0.29, 0.717) is 6.54 Å². The molecule has 0 radical (unpaired) electrons. The molecule has 0 saturated carbocycles. The molecule has 3 nitrogen and oxygen atoms in total. The number of benzene rings is 1. The van der Waals surface area contributed by atoms with E-state index in [1.165, 1.54) is 5.56 Å². The van der Waals surface area contributed by atoms with E-state index in [-0.39, 0.29) is 5.41 Å². The summed E-state index contributed by atoms with van der Waals surface area (Å²) in [4.78, 5) is 4.58. The predicted molar refractivity (Wildman–Crippen MR) is 79.6 cm³/mol. The minimum Gasteiger partial charge on any atom is -0.497 e. The molecule has 0 saturated heterocycles. The monoisotopic (exact) mass is 258 g/mol. The highest BCUT2D eigenvalue weighted by Gasteiger charge is 2.18. The average molecular weight is 258 g/mol. The summed E-state index contributed by atoms with van der Waals surface area (Å²) in [5, 5.41) is 1.16. The number of methoxy groups -OCH3 is 1. The Kier molecular flexibility index (Phi) is 3.76. The minimum atomic E-state index is 0.0871. The molecule has 0 aliphatic rings. The van der Waals surface area contributed by atoms with Crippen LogP contribution < -0.4 is 10.5 Å². The van der Waals surface area contributed by atoms with Gasteiger partial charge in [0.1, 0.15) is 5.75 Å². The molecule has 0 aliphatic carbocycles. The molecule has 1 aromatic heterocycles. The van der Waals surface area contributed by atoms with Crippen LogP contribution in [-0.2, 0) is 6.42 Å². The predicted octanol–water partition coefficient (Wildman–Crippen LogP) is 3.08. The van der Waals surface area contributed by atoms with E-state index in [0.717, 1.165) is 28.8 Å². The van der Waals surface area contributed by atoms with Crippen molar-refractivity contribution < 1.29 is 4.74 Å². The Balaban J connectivity index is 2.57. The van der Waals surface area contributed by atoms with Gasteiger partial charge < -0.3 is 10.5 Å². The number of hydrogen-bond acceptors (Lipinski definition) is 3. The highest BCUT2D eigenvalue weighted by Crippen LogP contribution is 2.28. The maximum absolute atomic E-state index is 5.85. The third-order valence-electron chi connectivity index (χ3n) is 3.45. The Morgan fingerprint density at radius 3 is 2.63 bits per heavy atom. The Bertz CT molecular complexity index is 591. The zero-order valence-electron chi connectivity index (χ0n) is 12.2. The van der Waals surface area contributed by atoms with Crippen LogP contribution in [0.5, 0.6) is 5.75 Å². The van der Waals surface area contributed by atoms with Gasteiger partial charge >= 0.3 is 0 Å². The van der Waals surface area contributed by atoms with Crippen molar-refractivity contribution in [1.82, 2.24) is 4.98 Å². The van der Waals surface area contributed by atoms with Crippen LogP contribution in [0.3, 0.4) is 0 Å². The number of nitrogens with two attached hydrogens (primary N) is 1. The lowest BCUT2D eigenvalue weighted by Gasteiger charge is -2.23. The number of nitrogens with zero attached hydrogens (tertiary/aromatic N) is 1. The zero-order valence-corrected chi connectivity index (χ0v) is 12.2. The molecule has 0 fully saturated rings. The largest absolute Gasteiger partial charge is 0.497 e. The number of hydrogen-bond donors (Lipinski definition) is 1. The zero-order chi connectivity index (χ0) is 14.0. The van der Waals surface area contributed by atoms with Gasteiger partial charge in [0, 0.05) is 11.1 Å². The van der Waals surface area contributed by atoms with Crippen molar-refractivity contribution in [3.05, 3.63) is 35.5 Å². The lowest BCUT2D eigenvalue weighted by molar-refractivity contribution is 0.377. The fourth-order valence-electron chi connectivity index (χ4n) is 2.28. The van der Waals surface area contributed by atoms with E-state index in [9.17, 15) is 0 Å². The molecule has 3 heteroatoms. The first-order chi connectivity index (χ1) is 8.95. The van der Waals surface area contributed by atoms with Crippen LogP contribution >= 0.6 is 0 Å². The van der Waals surface area contributed by atoms with Gasteiger partial charge in [0.05, 0.1) is 12.6 Å². The van der Waals surface area contributed by atoms with E-state index in [2.05, 4.69) is 31.0 Å². The molecular weight excluding hydrogens is 236 g/mol. The lowest BCUT2D eigenvalue weighted by atomic mass is 9.84. The second-order valence-electron chi connectivity index (χ2n) is 5.85. The van der Waals surface area contributed by atoms with Crippen molar-refractivity contribution in [2.24, 2.45) is 11.1 Å². The summed E-state index contributed by atoms with van der Waals surface area (Å²) in [7, 11) is 1.69. The van der Waals surface area contributed by atoms with Crippen LogP contribution in [-0.4, -0.2) is 18.6 Å². The standard InChI is InChI=1S/C16H22N2O/c1-11-7-12(9-16(2,3)10-17)14-8-13(19-4)5-6-15(14)18-11/h5-8H,9-10,17H2,1-4H3. The summed E-state index contributed by atoms with van der Waals surface area (Å²) in [6.07, 6.45) is 0.941. The van der Waals surface area contributed by atoms with Gasteiger partial charge in [0.15, 0.2) is 0 Å². The van der Waals surface area contributed by atoms with Crippen LogP contribution in [0.2, 0.25) is 0 Å².